The van der Waals surface area contributed by atoms with Gasteiger partial charge in [0.2, 0.25) is 5.91 Å². The first kappa shape index (κ1) is 33.1. The van der Waals surface area contributed by atoms with Crippen molar-refractivity contribution in [1.82, 2.24) is 4.90 Å². The van der Waals surface area contributed by atoms with Crippen molar-refractivity contribution in [2.24, 2.45) is 5.92 Å². The number of fused-ring (bicyclic) bond motifs is 3. The second kappa shape index (κ2) is 14.6. The molecule has 1 fully saturated rings. The Labute approximate surface area is 291 Å². The van der Waals surface area contributed by atoms with E-state index < -0.39 is 19.6 Å². The van der Waals surface area contributed by atoms with Crippen LogP contribution in [-0.2, 0) is 18.7 Å². The third-order valence-electron chi connectivity index (χ3n) is 9.37. The zero-order chi connectivity index (χ0) is 34.6. The molecule has 0 radical (unpaired) electrons. The van der Waals surface area contributed by atoms with Crippen molar-refractivity contribution >= 4 is 69.4 Å². The topological polar surface area (TPSA) is 105 Å². The first-order valence-corrected chi connectivity index (χ1v) is 18.1. The van der Waals surface area contributed by atoms with E-state index >= 15 is 0 Å². The van der Waals surface area contributed by atoms with E-state index in [0.717, 1.165) is 32.3 Å². The van der Waals surface area contributed by atoms with E-state index in [1.54, 1.807) is 13.0 Å². The molecule has 2 unspecified atom stereocenters. The van der Waals surface area contributed by atoms with Crippen LogP contribution in [0, 0.1) is 5.92 Å². The van der Waals surface area contributed by atoms with E-state index in [9.17, 15) is 18.9 Å². The van der Waals surface area contributed by atoms with Crippen LogP contribution in [0.2, 0.25) is 0 Å². The van der Waals surface area contributed by atoms with Gasteiger partial charge in [-0.25, -0.2) is 0 Å². The van der Waals surface area contributed by atoms with E-state index in [4.69, 9.17) is 4.52 Å². The number of hydrogen-bond donors (Lipinski definition) is 2. The highest BCUT2D eigenvalue weighted by molar-refractivity contribution is 7.41. The van der Waals surface area contributed by atoms with Crippen LogP contribution in [0.3, 0.4) is 0 Å². The second-order valence-electron chi connectivity index (χ2n) is 12.5. The minimum Gasteiger partial charge on any atom is -0.339 e. The molecule has 1 aliphatic heterocycles. The van der Waals surface area contributed by atoms with Gasteiger partial charge in [0.05, 0.1) is 12.3 Å². The molecular formula is C41H37N3O5P+. The van der Waals surface area contributed by atoms with Crippen LogP contribution in [0.25, 0.3) is 32.3 Å². The summed E-state index contributed by atoms with van der Waals surface area (Å²) in [5, 5.41) is 11.6. The number of carbonyl (C=O) groups is 3. The summed E-state index contributed by atoms with van der Waals surface area (Å²) in [6.07, 6.45) is 1.08. The van der Waals surface area contributed by atoms with Crippen LogP contribution in [0.1, 0.15) is 41.3 Å². The number of carbonyl (C=O) groups excluding carboxylic acids is 3. The molecule has 2 N–H and O–H groups in total. The minimum atomic E-state index is -2.39. The van der Waals surface area contributed by atoms with Crippen molar-refractivity contribution in [2.75, 3.05) is 30.3 Å². The Balaban J connectivity index is 1.08. The lowest BCUT2D eigenvalue weighted by atomic mass is 9.94. The standard InChI is InChI=1S/C41H36N3O5P/c1-2-49-50(48)38(36-17-9-14-28-11-5-7-15-34(28)36)40(46)42-33-25-31-13-6-8-16-35(31)37(26-33)43-39(45)29-20-22-44(23-21-29)41(47)32-19-18-27-10-3-4-12-30(27)24-32/h3-19,24-26,29,38H,2,20-23H2,1H3,(H-,42,43,45,46)/p+1. The molecule has 8 nitrogen and oxygen atoms in total. The first-order chi connectivity index (χ1) is 24.4. The predicted molar refractivity (Wildman–Crippen MR) is 200 cm³/mol. The molecule has 1 heterocycles. The molecule has 0 aliphatic carbocycles. The highest BCUT2D eigenvalue weighted by Crippen LogP contribution is 2.45. The van der Waals surface area contributed by atoms with Crippen LogP contribution < -0.4 is 10.6 Å². The molecule has 2 atom stereocenters. The van der Waals surface area contributed by atoms with Gasteiger partial charge in [0.1, 0.15) is 0 Å². The highest BCUT2D eigenvalue weighted by Gasteiger charge is 2.42. The number of anilines is 2. The molecule has 1 aliphatic rings. The summed E-state index contributed by atoms with van der Waals surface area (Å²) in [4.78, 5) is 42.8. The Bertz CT molecular complexity index is 2260. The van der Waals surface area contributed by atoms with Gasteiger partial charge in [-0.15, -0.1) is 4.52 Å². The number of piperidine rings is 1. The molecule has 9 heteroatoms. The molecular weight excluding hydrogens is 645 g/mol. The van der Waals surface area contributed by atoms with Crippen molar-refractivity contribution < 1.29 is 23.5 Å². The first-order valence-electron chi connectivity index (χ1n) is 16.9. The fourth-order valence-corrected chi connectivity index (χ4v) is 7.93. The van der Waals surface area contributed by atoms with Gasteiger partial charge in [-0.2, -0.15) is 0 Å². The van der Waals surface area contributed by atoms with Gasteiger partial charge >= 0.3 is 8.03 Å². The van der Waals surface area contributed by atoms with Crippen molar-refractivity contribution in [3.8, 4) is 0 Å². The molecule has 0 aromatic heterocycles. The lowest BCUT2D eigenvalue weighted by molar-refractivity contribution is -0.121. The van der Waals surface area contributed by atoms with E-state index in [1.165, 1.54) is 0 Å². The quantitative estimate of drug-likeness (QED) is 0.148. The zero-order valence-corrected chi connectivity index (χ0v) is 28.6. The molecule has 0 spiro atoms. The Kier molecular flexibility index (Phi) is 9.65. The Morgan fingerprint density at radius 2 is 1.40 bits per heavy atom. The van der Waals surface area contributed by atoms with Crippen LogP contribution in [-0.4, -0.2) is 42.3 Å². The molecule has 6 aromatic carbocycles. The summed E-state index contributed by atoms with van der Waals surface area (Å²) >= 11 is 0. The molecule has 0 saturated carbocycles. The lowest BCUT2D eigenvalue weighted by Crippen LogP contribution is -2.41. The summed E-state index contributed by atoms with van der Waals surface area (Å²) in [7, 11) is -2.39. The van der Waals surface area contributed by atoms with Gasteiger partial charge in [0.15, 0.2) is 0 Å². The van der Waals surface area contributed by atoms with Crippen molar-refractivity contribution in [1.29, 1.82) is 0 Å². The zero-order valence-electron chi connectivity index (χ0n) is 27.7. The average Bonchev–Trinajstić information content (AvgIpc) is 3.14. The second-order valence-corrected chi connectivity index (χ2v) is 13.9. The maximum atomic E-state index is 13.9. The molecule has 50 heavy (non-hydrogen) atoms. The van der Waals surface area contributed by atoms with Crippen LogP contribution in [0.4, 0.5) is 11.4 Å². The van der Waals surface area contributed by atoms with Crippen LogP contribution in [0.5, 0.6) is 0 Å². The molecule has 3 amide bonds. The van der Waals surface area contributed by atoms with Crippen LogP contribution >= 0.6 is 8.03 Å². The smallest absolute Gasteiger partial charge is 0.339 e. The van der Waals surface area contributed by atoms with E-state index in [-0.39, 0.29) is 24.3 Å². The number of nitrogens with one attached hydrogen (secondary N) is 2. The van der Waals surface area contributed by atoms with Gasteiger partial charge in [-0.1, -0.05) is 97.1 Å². The van der Waals surface area contributed by atoms with E-state index in [0.29, 0.717) is 48.4 Å². The lowest BCUT2D eigenvalue weighted by Gasteiger charge is -2.31. The molecule has 1 saturated heterocycles. The summed E-state index contributed by atoms with van der Waals surface area (Å²) in [6, 6.07) is 38.2. The van der Waals surface area contributed by atoms with Gasteiger partial charge in [-0.05, 0) is 75.5 Å². The monoisotopic (exact) mass is 682 g/mol. The summed E-state index contributed by atoms with van der Waals surface area (Å²) in [5.41, 5.74) is 1.24. The van der Waals surface area contributed by atoms with Crippen LogP contribution in [0.15, 0.2) is 121 Å². The number of benzene rings is 6. The highest BCUT2D eigenvalue weighted by atomic mass is 31.1. The van der Waals surface area contributed by atoms with Crippen molar-refractivity contribution in [3.05, 3.63) is 132 Å². The molecule has 7 rings (SSSR count). The average molecular weight is 683 g/mol. The Morgan fingerprint density at radius 1 is 0.740 bits per heavy atom. The Hall–Kier alpha value is -5.43. The maximum absolute atomic E-state index is 13.9. The molecule has 250 valence electrons. The van der Waals surface area contributed by atoms with E-state index in [1.807, 2.05) is 120 Å². The fraction of sp³-hybridized carbons (Fsp3) is 0.195. The third kappa shape index (κ3) is 6.86. The maximum Gasteiger partial charge on any atom is 0.526 e. The normalized spacial score (nSPS) is 14.4. The molecule has 6 aromatic rings. The largest absolute Gasteiger partial charge is 0.526 e. The van der Waals surface area contributed by atoms with Gasteiger partial charge < -0.3 is 15.5 Å². The number of hydrogen-bond acceptors (Lipinski definition) is 5. The fourth-order valence-electron chi connectivity index (χ4n) is 6.82. The number of nitrogens with zero attached hydrogens (tertiary/aromatic N) is 1. The van der Waals surface area contributed by atoms with Crippen molar-refractivity contribution in [3.63, 3.8) is 0 Å². The summed E-state index contributed by atoms with van der Waals surface area (Å²) in [6.45, 7) is 2.91. The number of amides is 3. The van der Waals surface area contributed by atoms with Gasteiger partial charge in [-0.3, -0.25) is 14.4 Å². The van der Waals surface area contributed by atoms with Gasteiger partial charge in [0, 0.05) is 41.2 Å². The van der Waals surface area contributed by atoms with E-state index in [2.05, 4.69) is 10.6 Å². The molecule has 0 bridgehead atoms. The Morgan fingerprint density at radius 3 is 2.16 bits per heavy atom. The number of likely N-dealkylation sites (tertiary alicyclic amines) is 1. The minimum absolute atomic E-state index is 0.0306. The summed E-state index contributed by atoms with van der Waals surface area (Å²) < 4.78 is 18.9. The SMILES string of the molecule is CCO[P+](=O)C(C(=O)Nc1cc(NC(=O)C2CCN(C(=O)c3ccc4ccccc4c3)CC2)c2ccccc2c1)c1cccc2ccccc12. The predicted octanol–water partition coefficient (Wildman–Crippen LogP) is 9.10. The third-order valence-corrected chi connectivity index (χ3v) is 10.8. The van der Waals surface area contributed by atoms with Crippen molar-refractivity contribution in [2.45, 2.75) is 25.4 Å². The number of rotatable bonds is 9. The summed E-state index contributed by atoms with van der Waals surface area (Å²) in [5.74, 6) is -0.910. The van der Waals surface area contributed by atoms with Gasteiger partial charge in [0.25, 0.3) is 17.5 Å².